The Hall–Kier alpha value is -2.74. The maximum atomic E-state index is 3.36. The number of rotatable bonds is 2. The third-order valence-corrected chi connectivity index (χ3v) is 6.78. The van der Waals surface area contributed by atoms with E-state index in [9.17, 15) is 0 Å². The normalized spacial score (nSPS) is 12.4. The van der Waals surface area contributed by atoms with E-state index in [0.29, 0.717) is 0 Å². The molecule has 0 N–H and O–H groups in total. The van der Waals surface area contributed by atoms with Crippen LogP contribution in [-0.4, -0.2) is 6.88 Å². The summed E-state index contributed by atoms with van der Waals surface area (Å²) in [5.41, 5.74) is 7.97. The third kappa shape index (κ3) is 10.7. The Morgan fingerprint density at radius 1 is 0.535 bits per heavy atom. The summed E-state index contributed by atoms with van der Waals surface area (Å²) in [6.45, 7) is 7.28. The monoisotopic (exact) mass is 692 g/mol. The Morgan fingerprint density at radius 3 is 1.26 bits per heavy atom. The number of hydrogen-bond donors (Lipinski definition) is 0. The molecular formula is C39H36Cl2SiZr-4. The Kier molecular flexibility index (Phi) is 18.0. The van der Waals surface area contributed by atoms with E-state index in [-0.39, 0.29) is 32.2 Å². The first kappa shape index (κ1) is 38.3. The maximum absolute atomic E-state index is 3.36. The van der Waals surface area contributed by atoms with Crippen molar-refractivity contribution in [2.45, 2.75) is 26.7 Å². The molecule has 0 atom stereocenters. The molecule has 4 heteroatoms. The minimum atomic E-state index is 0. The van der Waals surface area contributed by atoms with Crippen molar-refractivity contribution < 1.29 is 23.3 Å². The molecule has 0 aliphatic heterocycles. The van der Waals surface area contributed by atoms with Crippen LogP contribution in [0.4, 0.5) is 0 Å². The molecule has 0 bridgehead atoms. The molecule has 2 aliphatic carbocycles. The molecule has 0 nitrogen and oxygen atoms in total. The summed E-state index contributed by atoms with van der Waals surface area (Å²) in [7, 11) is 0. The number of halogens is 2. The van der Waals surface area contributed by atoms with Gasteiger partial charge in [-0.25, -0.2) is 23.3 Å². The SMILES string of the molecule is CC1=[C-]CC(c2cccc3ccccc23)=C1.CC1=[C-]CC(c2cccc3ccccc23)=C1.Cl.Cl.[CH3-].[Si]=[Zr].[c-]1ccccc1. The fraction of sp³-hybridized carbons (Fsp3) is 0.103. The van der Waals surface area contributed by atoms with Gasteiger partial charge in [-0.05, 0) is 32.7 Å². The van der Waals surface area contributed by atoms with E-state index in [4.69, 9.17) is 0 Å². The van der Waals surface area contributed by atoms with Gasteiger partial charge in [-0.15, -0.1) is 48.8 Å². The van der Waals surface area contributed by atoms with Crippen molar-refractivity contribution in [3.8, 4) is 0 Å². The van der Waals surface area contributed by atoms with Gasteiger partial charge in [-0.1, -0.05) is 98.8 Å². The molecule has 5 aromatic rings. The second kappa shape index (κ2) is 20.3. The summed E-state index contributed by atoms with van der Waals surface area (Å²) in [6, 6.07) is 42.6. The van der Waals surface area contributed by atoms with Crippen molar-refractivity contribution in [2.75, 3.05) is 0 Å². The summed E-state index contributed by atoms with van der Waals surface area (Å²) in [6.07, 6.45) is 13.1. The Labute approximate surface area is 287 Å². The van der Waals surface area contributed by atoms with Crippen molar-refractivity contribution in [2.24, 2.45) is 0 Å². The van der Waals surface area contributed by atoms with Gasteiger partial charge in [-0.3, -0.25) is 12.2 Å². The standard InChI is InChI=1S/2C16H13.C6H5.CH3.2ClH.Si.Zr/c2*1-12-9-10-14(11-12)16-8-4-6-13-5-2-3-7-15(13)16;1-2-4-6-5-3-1;;;;;/h2*2-8,11H,10H2,1H3;1-5H;1H3;2*1H;;/q4*-1;;;;. The summed E-state index contributed by atoms with van der Waals surface area (Å²) >= 11 is 1.36. The zero-order valence-corrected chi connectivity index (χ0v) is 29.9. The Balaban J connectivity index is 0.000000327. The van der Waals surface area contributed by atoms with Gasteiger partial charge in [-0.2, -0.15) is 36.4 Å². The van der Waals surface area contributed by atoms with Crippen molar-refractivity contribution in [1.82, 2.24) is 0 Å². The molecule has 7 rings (SSSR count). The van der Waals surface area contributed by atoms with Crippen LogP contribution in [0.2, 0.25) is 0 Å². The van der Waals surface area contributed by atoms with Crippen LogP contribution in [0.1, 0.15) is 37.8 Å². The van der Waals surface area contributed by atoms with Crippen molar-refractivity contribution >= 4 is 64.4 Å². The molecule has 0 fully saturated rings. The third-order valence-electron chi connectivity index (χ3n) is 6.78. The quantitative estimate of drug-likeness (QED) is 0.127. The summed E-state index contributed by atoms with van der Waals surface area (Å²) in [4.78, 5) is 0. The van der Waals surface area contributed by atoms with Crippen molar-refractivity contribution in [3.05, 3.63) is 175 Å². The largest absolute Gasteiger partial charge is 0.184 e. The van der Waals surface area contributed by atoms with Gasteiger partial charge in [0.15, 0.2) is 0 Å². The molecule has 5 aromatic carbocycles. The van der Waals surface area contributed by atoms with Crippen LogP contribution >= 0.6 is 24.8 Å². The van der Waals surface area contributed by atoms with E-state index in [1.807, 2.05) is 30.3 Å². The van der Waals surface area contributed by atoms with E-state index in [2.05, 4.69) is 136 Å². The van der Waals surface area contributed by atoms with Crippen LogP contribution in [0.3, 0.4) is 0 Å². The van der Waals surface area contributed by atoms with E-state index in [1.54, 1.807) is 0 Å². The molecular weight excluding hydrogens is 659 g/mol. The average Bonchev–Trinajstić information content (AvgIpc) is 3.67. The zero-order valence-electron chi connectivity index (χ0n) is 24.9. The van der Waals surface area contributed by atoms with E-state index in [1.165, 1.54) is 78.3 Å². The number of benzene rings is 5. The molecule has 0 saturated heterocycles. The fourth-order valence-electron chi connectivity index (χ4n) is 4.89. The van der Waals surface area contributed by atoms with Crippen LogP contribution < -0.4 is 0 Å². The van der Waals surface area contributed by atoms with Crippen LogP contribution in [0, 0.1) is 25.6 Å². The average molecular weight is 695 g/mol. The van der Waals surface area contributed by atoms with Crippen molar-refractivity contribution in [1.29, 1.82) is 0 Å². The molecule has 2 radical (unpaired) electrons. The zero-order chi connectivity index (χ0) is 28.2. The van der Waals surface area contributed by atoms with Crippen molar-refractivity contribution in [3.63, 3.8) is 0 Å². The van der Waals surface area contributed by atoms with E-state index in [0.717, 1.165) is 12.8 Å². The van der Waals surface area contributed by atoms with Gasteiger partial charge in [0.25, 0.3) is 0 Å². The predicted octanol–water partition coefficient (Wildman–Crippen LogP) is 11.2. The maximum Gasteiger partial charge on any atom is -0.171 e. The number of hydrogen-bond acceptors (Lipinski definition) is 0. The molecule has 0 unspecified atom stereocenters. The molecule has 0 saturated carbocycles. The molecule has 43 heavy (non-hydrogen) atoms. The molecule has 0 spiro atoms. The first-order valence-corrected chi connectivity index (χ1v) is 17.6. The number of fused-ring (bicyclic) bond motifs is 2. The summed E-state index contributed by atoms with van der Waals surface area (Å²) < 4.78 is 0. The second-order valence-corrected chi connectivity index (χ2v) is 9.54. The topological polar surface area (TPSA) is 0 Å². The molecule has 0 aromatic heterocycles. The summed E-state index contributed by atoms with van der Waals surface area (Å²) in [5, 5.41) is 5.30. The van der Waals surface area contributed by atoms with Gasteiger partial charge >= 0.3 is 30.2 Å². The van der Waals surface area contributed by atoms with Gasteiger partial charge in [0.05, 0.1) is 0 Å². The summed E-state index contributed by atoms with van der Waals surface area (Å²) in [5.74, 6) is 0. The minimum absolute atomic E-state index is 0. The molecule has 218 valence electrons. The fourth-order valence-corrected chi connectivity index (χ4v) is 4.89. The van der Waals surface area contributed by atoms with Crippen LogP contribution in [0.5, 0.6) is 0 Å². The Bertz CT molecular complexity index is 1550. The second-order valence-electron chi connectivity index (χ2n) is 9.54. The van der Waals surface area contributed by atoms with Gasteiger partial charge < -0.3 is 7.43 Å². The number of allylic oxidation sites excluding steroid dienone is 8. The predicted molar refractivity (Wildman–Crippen MR) is 190 cm³/mol. The van der Waals surface area contributed by atoms with Crippen LogP contribution in [-0.2, 0) is 23.3 Å². The minimum Gasteiger partial charge on any atom is -0.184 e. The van der Waals surface area contributed by atoms with Crippen LogP contribution in [0.25, 0.3) is 32.7 Å². The molecule has 0 heterocycles. The Morgan fingerprint density at radius 2 is 0.930 bits per heavy atom. The first-order valence-electron chi connectivity index (χ1n) is 13.4. The van der Waals surface area contributed by atoms with Gasteiger partial charge in [0.1, 0.15) is 0 Å². The van der Waals surface area contributed by atoms with E-state index >= 15 is 0 Å². The molecule has 0 amide bonds. The van der Waals surface area contributed by atoms with E-state index < -0.39 is 0 Å². The van der Waals surface area contributed by atoms with Gasteiger partial charge in [0.2, 0.25) is 0 Å². The first-order chi connectivity index (χ1) is 19.7. The molecule has 2 aliphatic rings. The smallest absolute Gasteiger partial charge is 0.171 e. The van der Waals surface area contributed by atoms with Gasteiger partial charge in [0, 0.05) is 0 Å². The van der Waals surface area contributed by atoms with Crippen LogP contribution in [0.15, 0.2) is 139 Å².